The number of aryl methyl sites for hydroxylation is 2. The van der Waals surface area contributed by atoms with Crippen molar-refractivity contribution >= 4 is 46.5 Å². The second kappa shape index (κ2) is 8.92. The highest BCUT2D eigenvalue weighted by molar-refractivity contribution is 6.41. The number of nitrogens with one attached hydrogen (secondary N) is 1. The fourth-order valence-corrected chi connectivity index (χ4v) is 8.02. The van der Waals surface area contributed by atoms with Crippen molar-refractivity contribution in [2.45, 2.75) is 77.3 Å². The Hall–Kier alpha value is -1.84. The first-order valence-corrected chi connectivity index (χ1v) is 13.2. The van der Waals surface area contributed by atoms with Crippen molar-refractivity contribution in [1.29, 1.82) is 0 Å². The highest BCUT2D eigenvalue weighted by Crippen LogP contribution is 2.65. The van der Waals surface area contributed by atoms with Gasteiger partial charge in [-0.2, -0.15) is 9.78 Å². The van der Waals surface area contributed by atoms with Crippen molar-refractivity contribution in [3.8, 4) is 0 Å². The molecular formula is C23H29Cl3N6O3. The quantitative estimate of drug-likeness (QED) is 0.270. The number of nitro groups is 1. The van der Waals surface area contributed by atoms with Crippen LogP contribution in [-0.2, 0) is 16.9 Å². The lowest BCUT2D eigenvalue weighted by molar-refractivity contribution is -0.389. The molecule has 1 amide bonds. The van der Waals surface area contributed by atoms with E-state index in [0.29, 0.717) is 59.3 Å². The predicted octanol–water partition coefficient (Wildman–Crippen LogP) is 5.46. The van der Waals surface area contributed by atoms with Crippen LogP contribution in [0.5, 0.6) is 0 Å². The second-order valence-corrected chi connectivity index (χ2v) is 12.0. The Balaban J connectivity index is 1.26. The molecule has 0 aliphatic heterocycles. The minimum atomic E-state index is -0.513. The molecule has 4 saturated carbocycles. The fraction of sp³-hybridized carbons (Fsp3) is 0.696. The number of rotatable bonds is 8. The fourth-order valence-electron chi connectivity index (χ4n) is 7.44. The minimum Gasteiger partial charge on any atom is -0.358 e. The molecule has 4 aliphatic rings. The number of halogens is 3. The van der Waals surface area contributed by atoms with Gasteiger partial charge in [-0.15, -0.1) is 0 Å². The van der Waals surface area contributed by atoms with Gasteiger partial charge in [-0.1, -0.05) is 34.8 Å². The van der Waals surface area contributed by atoms with Crippen molar-refractivity contribution < 1.29 is 9.72 Å². The topological polar surface area (TPSA) is 108 Å². The first-order valence-electron chi connectivity index (χ1n) is 12.1. The van der Waals surface area contributed by atoms with E-state index in [0.717, 1.165) is 38.5 Å². The molecule has 2 atom stereocenters. The molecule has 2 aromatic rings. The lowest BCUT2D eigenvalue weighted by atomic mass is 9.46. The van der Waals surface area contributed by atoms with Gasteiger partial charge in [0.1, 0.15) is 10.2 Å². The summed E-state index contributed by atoms with van der Waals surface area (Å²) in [5.41, 5.74) is 0.923. The summed E-state index contributed by atoms with van der Waals surface area (Å²) in [6.45, 7) is 4.71. The minimum absolute atomic E-state index is 0.0454. The molecule has 0 spiro atoms. The molecule has 2 aromatic heterocycles. The maximum atomic E-state index is 13.0. The van der Waals surface area contributed by atoms with Gasteiger partial charge in [0.2, 0.25) is 5.91 Å². The number of nitrogens with zero attached hydrogens (tertiary/aromatic N) is 5. The van der Waals surface area contributed by atoms with Gasteiger partial charge >= 0.3 is 5.82 Å². The zero-order valence-electron chi connectivity index (χ0n) is 19.8. The van der Waals surface area contributed by atoms with Crippen LogP contribution in [0.25, 0.3) is 0 Å². The lowest BCUT2D eigenvalue weighted by Crippen LogP contribution is -2.58. The summed E-state index contributed by atoms with van der Waals surface area (Å²) >= 11 is 18.6. The smallest absolute Gasteiger partial charge is 0.358 e. The van der Waals surface area contributed by atoms with Crippen LogP contribution in [0, 0.1) is 41.2 Å². The predicted molar refractivity (Wildman–Crippen MR) is 133 cm³/mol. The average molecular weight is 544 g/mol. The van der Waals surface area contributed by atoms with E-state index < -0.39 is 4.92 Å². The molecule has 9 nitrogen and oxygen atoms in total. The van der Waals surface area contributed by atoms with Gasteiger partial charge in [0.25, 0.3) is 0 Å². The van der Waals surface area contributed by atoms with E-state index in [1.54, 1.807) is 11.6 Å². The Morgan fingerprint density at radius 3 is 2.40 bits per heavy atom. The standard InChI is InChI=1S/C23H29Cl3N6O3/c1-13-18(24)20(26)30(28-13)5-3-4-27-17(33)11-22-7-15-6-16(8-22)10-23(9-15,12-22)31-14(2)19(25)21(29-31)32(34)35/h15-16H,3-12H2,1-2H3,(H,27,33). The Labute approximate surface area is 218 Å². The van der Waals surface area contributed by atoms with E-state index in [1.807, 2.05) is 11.6 Å². The van der Waals surface area contributed by atoms with E-state index in [4.69, 9.17) is 34.8 Å². The molecule has 4 bridgehead atoms. The maximum Gasteiger partial charge on any atom is 0.408 e. The number of amides is 1. The third-order valence-electron chi connectivity index (χ3n) is 8.20. The van der Waals surface area contributed by atoms with Gasteiger partial charge in [0.15, 0.2) is 5.02 Å². The Kier molecular flexibility index (Phi) is 6.33. The van der Waals surface area contributed by atoms with E-state index in [2.05, 4.69) is 15.5 Å². The highest BCUT2D eigenvalue weighted by Gasteiger charge is 2.60. The summed E-state index contributed by atoms with van der Waals surface area (Å²) in [6.07, 6.45) is 7.05. The van der Waals surface area contributed by atoms with Crippen LogP contribution in [0.2, 0.25) is 15.2 Å². The summed E-state index contributed by atoms with van der Waals surface area (Å²) in [7, 11) is 0. The van der Waals surface area contributed by atoms with Crippen molar-refractivity contribution in [3.63, 3.8) is 0 Å². The first kappa shape index (κ1) is 24.8. The summed E-state index contributed by atoms with van der Waals surface area (Å²) < 4.78 is 3.49. The number of aromatic nitrogens is 4. The van der Waals surface area contributed by atoms with Crippen LogP contribution in [-0.4, -0.2) is 36.9 Å². The van der Waals surface area contributed by atoms with Gasteiger partial charge in [-0.25, -0.2) is 0 Å². The number of hydrogen-bond donors (Lipinski definition) is 1. The normalized spacial score (nSPS) is 29.1. The molecule has 0 radical (unpaired) electrons. The molecule has 2 heterocycles. The van der Waals surface area contributed by atoms with Crippen LogP contribution in [0.1, 0.15) is 62.8 Å². The number of carbonyl (C=O) groups is 1. The molecule has 12 heteroatoms. The zero-order chi connectivity index (χ0) is 25.1. The molecule has 190 valence electrons. The molecule has 4 aliphatic carbocycles. The van der Waals surface area contributed by atoms with Crippen LogP contribution < -0.4 is 5.32 Å². The van der Waals surface area contributed by atoms with Gasteiger partial charge < -0.3 is 15.4 Å². The van der Waals surface area contributed by atoms with Crippen LogP contribution in [0.3, 0.4) is 0 Å². The summed E-state index contributed by atoms with van der Waals surface area (Å²) in [6, 6.07) is 0. The van der Waals surface area contributed by atoms with E-state index in [9.17, 15) is 14.9 Å². The molecule has 1 N–H and O–H groups in total. The molecular weight excluding hydrogens is 515 g/mol. The van der Waals surface area contributed by atoms with E-state index in [1.165, 1.54) is 0 Å². The Morgan fingerprint density at radius 2 is 1.83 bits per heavy atom. The summed E-state index contributed by atoms with van der Waals surface area (Å²) in [4.78, 5) is 23.9. The van der Waals surface area contributed by atoms with Crippen LogP contribution in [0.15, 0.2) is 0 Å². The number of hydrogen-bond acceptors (Lipinski definition) is 5. The zero-order valence-corrected chi connectivity index (χ0v) is 22.1. The Morgan fingerprint density at radius 1 is 1.14 bits per heavy atom. The van der Waals surface area contributed by atoms with Gasteiger partial charge in [-0.3, -0.25) is 9.48 Å². The molecule has 2 unspecified atom stereocenters. The monoisotopic (exact) mass is 542 g/mol. The average Bonchev–Trinajstić information content (AvgIpc) is 3.21. The van der Waals surface area contributed by atoms with E-state index >= 15 is 0 Å². The lowest BCUT2D eigenvalue weighted by Gasteiger charge is -2.61. The van der Waals surface area contributed by atoms with Gasteiger partial charge in [0, 0.05) is 19.5 Å². The molecule has 0 aromatic carbocycles. The highest BCUT2D eigenvalue weighted by atomic mass is 35.5. The van der Waals surface area contributed by atoms with Crippen LogP contribution in [0.4, 0.5) is 5.82 Å². The van der Waals surface area contributed by atoms with Crippen molar-refractivity contribution in [2.75, 3.05) is 6.54 Å². The van der Waals surface area contributed by atoms with Crippen molar-refractivity contribution in [3.05, 3.63) is 36.7 Å². The number of carbonyl (C=O) groups excluding carboxylic acids is 1. The SMILES string of the molecule is Cc1nn(CCCNC(=O)CC23CC4CC(C2)CC(n2nc([N+](=O)[O-])c(Cl)c2C)(C4)C3)c(Cl)c1Cl. The largest absolute Gasteiger partial charge is 0.408 e. The van der Waals surface area contributed by atoms with Gasteiger partial charge in [0.05, 0.1) is 22.0 Å². The first-order chi connectivity index (χ1) is 16.5. The maximum absolute atomic E-state index is 13.0. The second-order valence-electron chi connectivity index (χ2n) is 10.9. The molecule has 4 fully saturated rings. The third-order valence-corrected chi connectivity index (χ3v) is 9.58. The van der Waals surface area contributed by atoms with Gasteiger partial charge in [-0.05, 0) is 81.0 Å². The molecule has 35 heavy (non-hydrogen) atoms. The Bertz CT molecular complexity index is 1180. The molecule has 0 saturated heterocycles. The summed E-state index contributed by atoms with van der Waals surface area (Å²) in [5.74, 6) is 0.769. The molecule has 6 rings (SSSR count). The van der Waals surface area contributed by atoms with E-state index in [-0.39, 0.29) is 27.7 Å². The van der Waals surface area contributed by atoms with Crippen molar-refractivity contribution in [1.82, 2.24) is 24.9 Å². The third kappa shape index (κ3) is 4.33. The van der Waals surface area contributed by atoms with Crippen LogP contribution >= 0.6 is 34.8 Å². The summed E-state index contributed by atoms with van der Waals surface area (Å²) in [5, 5.41) is 24.2. The van der Waals surface area contributed by atoms with Crippen molar-refractivity contribution in [2.24, 2.45) is 17.3 Å².